The predicted octanol–water partition coefficient (Wildman–Crippen LogP) is 5.54. The zero-order valence-corrected chi connectivity index (χ0v) is 25.4. The van der Waals surface area contributed by atoms with Crippen molar-refractivity contribution in [2.24, 2.45) is 23.7 Å². The number of ether oxygens (including phenoxy) is 2. The maximum absolute atomic E-state index is 13.7. The summed E-state index contributed by atoms with van der Waals surface area (Å²) in [5.74, 6) is -7.25. The second-order valence-electron chi connectivity index (χ2n) is 11.3. The molecule has 0 aliphatic heterocycles. The van der Waals surface area contributed by atoms with Crippen LogP contribution in [-0.2, 0) is 32.3 Å². The van der Waals surface area contributed by atoms with Crippen molar-refractivity contribution >= 4 is 23.8 Å². The number of hydrogen-bond donors (Lipinski definition) is 2. The molecule has 0 aromatic heterocycles. The van der Waals surface area contributed by atoms with Crippen molar-refractivity contribution in [1.82, 2.24) is 9.80 Å². The fourth-order valence-corrected chi connectivity index (χ4v) is 5.76. The molecule has 4 aromatic rings. The molecule has 0 bridgehead atoms. The number of aliphatic carboxylic acids is 2. The van der Waals surface area contributed by atoms with Crippen LogP contribution in [0.25, 0.3) is 0 Å². The number of carbonyl (C=O) groups excluding carboxylic acids is 2. The molecule has 46 heavy (non-hydrogen) atoms. The van der Waals surface area contributed by atoms with Gasteiger partial charge in [-0.25, -0.2) is 0 Å². The molecule has 0 spiro atoms. The van der Waals surface area contributed by atoms with Crippen LogP contribution in [0.3, 0.4) is 0 Å². The third kappa shape index (κ3) is 7.18. The number of para-hydroxylation sites is 2. The molecule has 10 nitrogen and oxygen atoms in total. The molecule has 2 amide bonds. The molecule has 0 unspecified atom stereocenters. The number of carboxylic acids is 2. The first-order valence-corrected chi connectivity index (χ1v) is 14.7. The fraction of sp³-hybridized carbons (Fsp3) is 0.222. The SMILES string of the molecule is CN(Cc1ccc(Oc2ccccc2)cc1)C(=O)[C@@H]1[C@H](C(=O)O)[C@@H](C(=O)O)[C@H]1C(=O)N(C)Cc1ccc(Oc2ccccc2)cc1. The van der Waals surface area contributed by atoms with Crippen molar-refractivity contribution in [3.63, 3.8) is 0 Å². The molecule has 5 rings (SSSR count). The van der Waals surface area contributed by atoms with Crippen molar-refractivity contribution in [2.75, 3.05) is 14.1 Å². The standard InChI is InChI=1S/C36H34N2O8/c1-37(21-23-13-17-27(18-14-23)45-25-9-5-3-6-10-25)33(39)29-30(32(36(43)44)31(29)35(41)42)34(40)38(2)22-24-15-19-28(20-16-24)46-26-11-7-4-8-12-26/h3-20,29-32H,21-22H2,1-2H3,(H,41,42)(H,43,44)/t29-,30-,31-,32-/m0/s1. The van der Waals surface area contributed by atoms with Gasteiger partial charge in [0.05, 0.1) is 23.7 Å². The lowest BCUT2D eigenvalue weighted by molar-refractivity contribution is -0.187. The van der Waals surface area contributed by atoms with E-state index in [4.69, 9.17) is 9.47 Å². The Hall–Kier alpha value is -5.64. The highest BCUT2D eigenvalue weighted by molar-refractivity contribution is 5.99. The van der Waals surface area contributed by atoms with Gasteiger partial charge in [0.1, 0.15) is 23.0 Å². The summed E-state index contributed by atoms with van der Waals surface area (Å²) in [6, 6.07) is 32.7. The lowest BCUT2D eigenvalue weighted by atomic mass is 9.55. The summed E-state index contributed by atoms with van der Waals surface area (Å²) < 4.78 is 11.6. The number of nitrogens with zero attached hydrogens (tertiary/aromatic N) is 2. The van der Waals surface area contributed by atoms with Gasteiger partial charge in [0.25, 0.3) is 0 Å². The molecule has 0 heterocycles. The van der Waals surface area contributed by atoms with Crippen LogP contribution < -0.4 is 9.47 Å². The van der Waals surface area contributed by atoms with E-state index in [0.29, 0.717) is 23.0 Å². The molecule has 1 saturated carbocycles. The van der Waals surface area contributed by atoms with Gasteiger partial charge in [0.2, 0.25) is 11.8 Å². The minimum atomic E-state index is -1.54. The Bertz CT molecular complexity index is 1550. The number of amides is 2. The summed E-state index contributed by atoms with van der Waals surface area (Å²) in [6.07, 6.45) is 0. The first-order valence-electron chi connectivity index (χ1n) is 14.7. The van der Waals surface area contributed by atoms with E-state index >= 15 is 0 Å². The molecular formula is C36H34N2O8. The van der Waals surface area contributed by atoms with Gasteiger partial charge in [0, 0.05) is 27.2 Å². The van der Waals surface area contributed by atoms with E-state index in [1.54, 1.807) is 48.5 Å². The molecule has 4 atom stereocenters. The van der Waals surface area contributed by atoms with Crippen LogP contribution in [0, 0.1) is 23.7 Å². The zero-order valence-electron chi connectivity index (χ0n) is 25.4. The molecule has 1 aliphatic rings. The minimum Gasteiger partial charge on any atom is -0.481 e. The van der Waals surface area contributed by atoms with Crippen LogP contribution in [-0.4, -0.2) is 57.9 Å². The Morgan fingerprint density at radius 1 is 0.500 bits per heavy atom. The average Bonchev–Trinajstić information content (AvgIpc) is 3.03. The number of benzene rings is 4. The van der Waals surface area contributed by atoms with E-state index in [-0.39, 0.29) is 13.1 Å². The van der Waals surface area contributed by atoms with Gasteiger partial charge >= 0.3 is 11.9 Å². The smallest absolute Gasteiger partial charge is 0.308 e. The molecule has 4 aromatic carbocycles. The first kappa shape index (κ1) is 31.8. The molecule has 236 valence electrons. The van der Waals surface area contributed by atoms with E-state index in [1.807, 2.05) is 60.7 Å². The summed E-state index contributed by atoms with van der Waals surface area (Å²) in [7, 11) is 3.02. The maximum atomic E-state index is 13.7. The minimum absolute atomic E-state index is 0.124. The number of rotatable bonds is 12. The summed E-state index contributed by atoms with van der Waals surface area (Å²) in [5, 5.41) is 19.8. The van der Waals surface area contributed by atoms with Crippen LogP contribution in [0.5, 0.6) is 23.0 Å². The van der Waals surface area contributed by atoms with Gasteiger partial charge in [-0.15, -0.1) is 0 Å². The van der Waals surface area contributed by atoms with Crippen molar-refractivity contribution < 1.29 is 38.9 Å². The lowest BCUT2D eigenvalue weighted by Crippen LogP contribution is -2.63. The maximum Gasteiger partial charge on any atom is 0.308 e. The van der Waals surface area contributed by atoms with Gasteiger partial charge in [-0.05, 0) is 59.7 Å². The summed E-state index contributed by atoms with van der Waals surface area (Å²) >= 11 is 0. The molecule has 0 radical (unpaired) electrons. The van der Waals surface area contributed by atoms with E-state index in [9.17, 15) is 29.4 Å². The van der Waals surface area contributed by atoms with Gasteiger partial charge in [-0.2, -0.15) is 0 Å². The van der Waals surface area contributed by atoms with Gasteiger partial charge < -0.3 is 29.5 Å². The van der Waals surface area contributed by atoms with Gasteiger partial charge in [0.15, 0.2) is 0 Å². The molecule has 1 fully saturated rings. The van der Waals surface area contributed by atoms with Crippen molar-refractivity contribution in [3.05, 3.63) is 120 Å². The van der Waals surface area contributed by atoms with E-state index in [0.717, 1.165) is 11.1 Å². The van der Waals surface area contributed by atoms with Crippen molar-refractivity contribution in [1.29, 1.82) is 0 Å². The second kappa shape index (κ2) is 14.0. The van der Waals surface area contributed by atoms with Crippen molar-refractivity contribution in [3.8, 4) is 23.0 Å². The monoisotopic (exact) mass is 622 g/mol. The molecule has 10 heteroatoms. The van der Waals surface area contributed by atoms with Gasteiger partial charge in [-0.1, -0.05) is 60.7 Å². The number of carboxylic acid groups (broad SMARTS) is 2. The molecule has 2 N–H and O–H groups in total. The highest BCUT2D eigenvalue weighted by Gasteiger charge is 2.64. The lowest BCUT2D eigenvalue weighted by Gasteiger charge is -2.47. The van der Waals surface area contributed by atoms with Crippen LogP contribution in [0.1, 0.15) is 11.1 Å². The predicted molar refractivity (Wildman–Crippen MR) is 168 cm³/mol. The largest absolute Gasteiger partial charge is 0.481 e. The molecule has 0 saturated heterocycles. The first-order chi connectivity index (χ1) is 22.1. The molecule has 1 aliphatic carbocycles. The summed E-state index contributed by atoms with van der Waals surface area (Å²) in [5.41, 5.74) is 1.49. The van der Waals surface area contributed by atoms with Crippen LogP contribution in [0.2, 0.25) is 0 Å². The Kier molecular flexibility index (Phi) is 9.66. The highest BCUT2D eigenvalue weighted by Crippen LogP contribution is 2.48. The molecular weight excluding hydrogens is 588 g/mol. The fourth-order valence-electron chi connectivity index (χ4n) is 5.76. The van der Waals surface area contributed by atoms with Crippen LogP contribution >= 0.6 is 0 Å². The Balaban J connectivity index is 1.26. The van der Waals surface area contributed by atoms with Gasteiger partial charge in [-0.3, -0.25) is 19.2 Å². The highest BCUT2D eigenvalue weighted by atomic mass is 16.5. The zero-order chi connectivity index (χ0) is 32.8. The Labute approximate surface area is 266 Å². The number of hydrogen-bond acceptors (Lipinski definition) is 6. The van der Waals surface area contributed by atoms with E-state index in [2.05, 4.69) is 0 Å². The third-order valence-corrected chi connectivity index (χ3v) is 8.08. The average molecular weight is 623 g/mol. The second-order valence-corrected chi connectivity index (χ2v) is 11.3. The third-order valence-electron chi connectivity index (χ3n) is 8.08. The number of carbonyl (C=O) groups is 4. The summed E-state index contributed by atoms with van der Waals surface area (Å²) in [6.45, 7) is 0.248. The quantitative estimate of drug-likeness (QED) is 0.211. The topological polar surface area (TPSA) is 134 Å². The summed E-state index contributed by atoms with van der Waals surface area (Å²) in [4.78, 5) is 54.4. The van der Waals surface area contributed by atoms with E-state index < -0.39 is 47.4 Å². The van der Waals surface area contributed by atoms with Crippen LogP contribution in [0.15, 0.2) is 109 Å². The Morgan fingerprint density at radius 2 is 0.804 bits per heavy atom. The van der Waals surface area contributed by atoms with E-state index in [1.165, 1.54) is 23.9 Å². The van der Waals surface area contributed by atoms with Crippen LogP contribution in [0.4, 0.5) is 0 Å². The normalized spacial score (nSPS) is 18.5. The Morgan fingerprint density at radius 3 is 1.11 bits per heavy atom. The van der Waals surface area contributed by atoms with Crippen molar-refractivity contribution in [2.45, 2.75) is 13.1 Å².